The van der Waals surface area contributed by atoms with Crippen LogP contribution in [-0.4, -0.2) is 6.54 Å². The number of nitrogens with one attached hydrogen (secondary N) is 1. The van der Waals surface area contributed by atoms with Crippen LogP contribution in [0.1, 0.15) is 36.6 Å². The Morgan fingerprint density at radius 1 is 1.05 bits per heavy atom. The quantitative estimate of drug-likeness (QED) is 0.767. The van der Waals surface area contributed by atoms with E-state index in [0.29, 0.717) is 0 Å². The second-order valence-corrected chi connectivity index (χ2v) is 5.77. The second-order valence-electron chi connectivity index (χ2n) is 4.61. The molecule has 0 saturated carbocycles. The minimum Gasteiger partial charge on any atom is -0.306 e. The van der Waals surface area contributed by atoms with Crippen LogP contribution in [0, 0.1) is 3.57 Å². The van der Waals surface area contributed by atoms with Gasteiger partial charge in [0.1, 0.15) is 0 Å². The smallest absolute Gasteiger partial charge is 0.0587 e. The maximum absolute atomic E-state index is 3.60. The van der Waals surface area contributed by atoms with Gasteiger partial charge in [-0.05, 0) is 58.3 Å². The lowest BCUT2D eigenvalue weighted by atomic mass is 9.96. The molecule has 100 valence electrons. The van der Waals surface area contributed by atoms with Gasteiger partial charge in [-0.15, -0.1) is 0 Å². The Hall–Kier alpha value is -0.870. The van der Waals surface area contributed by atoms with Crippen molar-refractivity contribution in [1.29, 1.82) is 0 Å². The third-order valence-electron chi connectivity index (χ3n) is 3.32. The van der Waals surface area contributed by atoms with Crippen molar-refractivity contribution in [2.75, 3.05) is 6.54 Å². The van der Waals surface area contributed by atoms with E-state index in [9.17, 15) is 0 Å². The van der Waals surface area contributed by atoms with Gasteiger partial charge in [0, 0.05) is 3.57 Å². The van der Waals surface area contributed by atoms with E-state index in [2.05, 4.69) is 90.3 Å². The van der Waals surface area contributed by atoms with E-state index >= 15 is 0 Å². The molecule has 0 amide bonds. The molecule has 19 heavy (non-hydrogen) atoms. The summed E-state index contributed by atoms with van der Waals surface area (Å²) in [5, 5.41) is 3.60. The van der Waals surface area contributed by atoms with Crippen LogP contribution in [0.3, 0.4) is 0 Å². The Kier molecular flexibility index (Phi) is 5.40. The Bertz CT molecular complexity index is 536. The van der Waals surface area contributed by atoms with Gasteiger partial charge < -0.3 is 5.32 Å². The molecule has 0 aliphatic carbocycles. The SMILES string of the molecule is CCNC(c1cccc(CC)c1)c1ccccc1I. The molecule has 0 aliphatic rings. The first-order valence-electron chi connectivity index (χ1n) is 6.83. The molecule has 2 aromatic carbocycles. The van der Waals surface area contributed by atoms with Crippen LogP contribution in [0.25, 0.3) is 0 Å². The molecule has 1 N–H and O–H groups in total. The summed E-state index contributed by atoms with van der Waals surface area (Å²) in [6, 6.07) is 17.8. The molecular formula is C17H20IN. The van der Waals surface area contributed by atoms with Crippen molar-refractivity contribution in [3.63, 3.8) is 0 Å². The third kappa shape index (κ3) is 3.57. The van der Waals surface area contributed by atoms with E-state index in [0.717, 1.165) is 13.0 Å². The van der Waals surface area contributed by atoms with Crippen LogP contribution in [0.2, 0.25) is 0 Å². The fourth-order valence-corrected chi connectivity index (χ4v) is 3.01. The minimum atomic E-state index is 0.282. The zero-order chi connectivity index (χ0) is 13.7. The number of benzene rings is 2. The van der Waals surface area contributed by atoms with E-state index < -0.39 is 0 Å². The number of aryl methyl sites for hydroxylation is 1. The van der Waals surface area contributed by atoms with Crippen LogP contribution in [0.4, 0.5) is 0 Å². The van der Waals surface area contributed by atoms with Crippen LogP contribution < -0.4 is 5.32 Å². The lowest BCUT2D eigenvalue weighted by Crippen LogP contribution is -2.22. The minimum absolute atomic E-state index is 0.282. The number of halogens is 1. The lowest BCUT2D eigenvalue weighted by Gasteiger charge is -2.21. The highest BCUT2D eigenvalue weighted by Crippen LogP contribution is 2.26. The van der Waals surface area contributed by atoms with Gasteiger partial charge in [0.25, 0.3) is 0 Å². The molecule has 0 fully saturated rings. The maximum Gasteiger partial charge on any atom is 0.0587 e. The van der Waals surface area contributed by atoms with Crippen LogP contribution in [-0.2, 0) is 6.42 Å². The summed E-state index contributed by atoms with van der Waals surface area (Å²) in [5.74, 6) is 0. The van der Waals surface area contributed by atoms with Crippen LogP contribution in [0.15, 0.2) is 48.5 Å². The van der Waals surface area contributed by atoms with E-state index in [1.807, 2.05) is 0 Å². The highest BCUT2D eigenvalue weighted by Gasteiger charge is 2.15. The molecule has 2 rings (SSSR count). The van der Waals surface area contributed by atoms with Gasteiger partial charge in [0.15, 0.2) is 0 Å². The molecule has 0 heterocycles. The Morgan fingerprint density at radius 2 is 1.84 bits per heavy atom. The number of rotatable bonds is 5. The van der Waals surface area contributed by atoms with Crippen molar-refractivity contribution < 1.29 is 0 Å². The highest BCUT2D eigenvalue weighted by atomic mass is 127. The first kappa shape index (κ1) is 14.5. The summed E-state index contributed by atoms with van der Waals surface area (Å²) in [4.78, 5) is 0. The van der Waals surface area contributed by atoms with Crippen molar-refractivity contribution in [2.45, 2.75) is 26.3 Å². The molecule has 0 bridgehead atoms. The molecule has 0 saturated heterocycles. The van der Waals surface area contributed by atoms with Gasteiger partial charge in [0.2, 0.25) is 0 Å². The van der Waals surface area contributed by atoms with Crippen LogP contribution in [0.5, 0.6) is 0 Å². The predicted octanol–water partition coefficient (Wildman–Crippen LogP) is 4.55. The van der Waals surface area contributed by atoms with Crippen molar-refractivity contribution in [3.05, 3.63) is 68.8 Å². The summed E-state index contributed by atoms with van der Waals surface area (Å²) < 4.78 is 1.31. The monoisotopic (exact) mass is 365 g/mol. The summed E-state index contributed by atoms with van der Waals surface area (Å²) in [6.07, 6.45) is 1.08. The molecule has 0 aromatic heterocycles. The summed E-state index contributed by atoms with van der Waals surface area (Å²) in [6.45, 7) is 5.33. The molecular weight excluding hydrogens is 345 g/mol. The first-order chi connectivity index (χ1) is 9.26. The fraction of sp³-hybridized carbons (Fsp3) is 0.294. The molecule has 1 unspecified atom stereocenters. The Morgan fingerprint density at radius 3 is 2.53 bits per heavy atom. The largest absolute Gasteiger partial charge is 0.306 e. The molecule has 2 heteroatoms. The second kappa shape index (κ2) is 7.06. The number of hydrogen-bond donors (Lipinski definition) is 1. The molecule has 0 aliphatic heterocycles. The molecule has 0 spiro atoms. The van der Waals surface area contributed by atoms with Crippen molar-refractivity contribution >= 4 is 22.6 Å². The molecule has 2 aromatic rings. The van der Waals surface area contributed by atoms with E-state index in [4.69, 9.17) is 0 Å². The van der Waals surface area contributed by atoms with Gasteiger partial charge in [0.05, 0.1) is 6.04 Å². The maximum atomic E-state index is 3.60. The normalized spacial score (nSPS) is 12.4. The zero-order valence-electron chi connectivity index (χ0n) is 11.5. The predicted molar refractivity (Wildman–Crippen MR) is 90.5 cm³/mol. The van der Waals surface area contributed by atoms with Gasteiger partial charge in [-0.2, -0.15) is 0 Å². The van der Waals surface area contributed by atoms with Gasteiger partial charge in [-0.25, -0.2) is 0 Å². The number of hydrogen-bond acceptors (Lipinski definition) is 1. The third-order valence-corrected chi connectivity index (χ3v) is 4.30. The van der Waals surface area contributed by atoms with E-state index in [1.54, 1.807) is 0 Å². The van der Waals surface area contributed by atoms with E-state index in [-0.39, 0.29) is 6.04 Å². The van der Waals surface area contributed by atoms with Crippen molar-refractivity contribution in [1.82, 2.24) is 5.32 Å². The highest BCUT2D eigenvalue weighted by molar-refractivity contribution is 14.1. The van der Waals surface area contributed by atoms with Gasteiger partial charge >= 0.3 is 0 Å². The fourth-order valence-electron chi connectivity index (χ4n) is 2.31. The Labute approximate surface area is 129 Å². The zero-order valence-corrected chi connectivity index (χ0v) is 13.6. The van der Waals surface area contributed by atoms with Crippen molar-refractivity contribution in [3.8, 4) is 0 Å². The van der Waals surface area contributed by atoms with E-state index in [1.165, 1.54) is 20.3 Å². The topological polar surface area (TPSA) is 12.0 Å². The molecule has 1 nitrogen and oxygen atoms in total. The summed E-state index contributed by atoms with van der Waals surface area (Å²) in [7, 11) is 0. The summed E-state index contributed by atoms with van der Waals surface area (Å²) >= 11 is 2.42. The first-order valence-corrected chi connectivity index (χ1v) is 7.90. The lowest BCUT2D eigenvalue weighted by molar-refractivity contribution is 0.627. The standard InChI is InChI=1S/C17H20IN/c1-3-13-8-7-9-14(12-13)17(19-4-2)15-10-5-6-11-16(15)18/h5-12,17,19H,3-4H2,1-2H3. The van der Waals surface area contributed by atoms with Gasteiger partial charge in [-0.3, -0.25) is 0 Å². The van der Waals surface area contributed by atoms with Crippen LogP contribution >= 0.6 is 22.6 Å². The Balaban J connectivity index is 2.42. The average molecular weight is 365 g/mol. The summed E-state index contributed by atoms with van der Waals surface area (Å²) in [5.41, 5.74) is 4.11. The van der Waals surface area contributed by atoms with Crippen molar-refractivity contribution in [2.24, 2.45) is 0 Å². The van der Waals surface area contributed by atoms with Gasteiger partial charge in [-0.1, -0.05) is 56.3 Å². The average Bonchev–Trinajstić information content (AvgIpc) is 2.46. The molecule has 1 atom stereocenters. The molecule has 0 radical (unpaired) electrons.